The summed E-state index contributed by atoms with van der Waals surface area (Å²) in [6.45, 7) is 2.00. The van der Waals surface area contributed by atoms with E-state index in [0.29, 0.717) is 4.90 Å². The smallest absolute Gasteiger partial charge is 0.136 e. The van der Waals surface area contributed by atoms with Crippen molar-refractivity contribution in [3.63, 3.8) is 0 Å². The molecule has 0 amide bonds. The molecule has 0 aliphatic carbocycles. The fourth-order valence-electron chi connectivity index (χ4n) is 2.03. The van der Waals surface area contributed by atoms with Crippen molar-refractivity contribution in [1.82, 2.24) is 0 Å². The monoisotopic (exact) mass is 293 g/mol. The van der Waals surface area contributed by atoms with Crippen molar-refractivity contribution in [3.8, 4) is 0 Å². The third kappa shape index (κ3) is 3.58. The zero-order chi connectivity index (χ0) is 14.5. The van der Waals surface area contributed by atoms with Crippen LogP contribution in [0.1, 0.15) is 24.9 Å². The van der Waals surface area contributed by atoms with E-state index in [1.165, 1.54) is 17.8 Å². The van der Waals surface area contributed by atoms with Gasteiger partial charge in [0.15, 0.2) is 0 Å². The number of halogens is 2. The quantitative estimate of drug-likeness (QED) is 0.819. The lowest BCUT2D eigenvalue weighted by atomic mass is 10.0. The topological polar surface area (TPSA) is 26.0 Å². The van der Waals surface area contributed by atoms with Gasteiger partial charge in [0.1, 0.15) is 11.6 Å². The molecule has 2 unspecified atom stereocenters. The van der Waals surface area contributed by atoms with Gasteiger partial charge in [-0.1, -0.05) is 37.3 Å². The normalized spacial score (nSPS) is 14.0. The molecule has 1 nitrogen and oxygen atoms in total. The van der Waals surface area contributed by atoms with Gasteiger partial charge in [-0.25, -0.2) is 8.78 Å². The Morgan fingerprint density at radius 1 is 1.10 bits per heavy atom. The first-order valence-electron chi connectivity index (χ1n) is 6.54. The van der Waals surface area contributed by atoms with E-state index < -0.39 is 11.6 Å². The second-order valence-corrected chi connectivity index (χ2v) is 5.86. The minimum absolute atomic E-state index is 0.00583. The molecule has 2 atom stereocenters. The van der Waals surface area contributed by atoms with Crippen molar-refractivity contribution in [3.05, 3.63) is 65.7 Å². The molecule has 0 aliphatic heterocycles. The van der Waals surface area contributed by atoms with Crippen molar-refractivity contribution in [2.45, 2.75) is 29.5 Å². The number of benzene rings is 2. The highest BCUT2D eigenvalue weighted by Crippen LogP contribution is 2.34. The summed E-state index contributed by atoms with van der Waals surface area (Å²) in [5.74, 6) is -0.841. The second-order valence-electron chi connectivity index (χ2n) is 4.58. The highest BCUT2D eigenvalue weighted by molar-refractivity contribution is 8.00. The molecule has 0 aromatic heterocycles. The summed E-state index contributed by atoms with van der Waals surface area (Å²) in [4.78, 5) is 0.309. The first-order chi connectivity index (χ1) is 9.61. The van der Waals surface area contributed by atoms with Crippen LogP contribution in [0.25, 0.3) is 0 Å². The van der Waals surface area contributed by atoms with Crippen LogP contribution in [0.4, 0.5) is 8.78 Å². The maximum Gasteiger partial charge on any atom is 0.136 e. The van der Waals surface area contributed by atoms with E-state index in [4.69, 9.17) is 5.73 Å². The molecule has 0 radical (unpaired) electrons. The molecule has 0 saturated heterocycles. The van der Waals surface area contributed by atoms with Crippen LogP contribution in [0.5, 0.6) is 0 Å². The number of hydrogen-bond donors (Lipinski definition) is 1. The molecule has 2 rings (SSSR count). The third-order valence-corrected chi connectivity index (χ3v) is 4.66. The van der Waals surface area contributed by atoms with E-state index in [0.717, 1.165) is 24.1 Å². The van der Waals surface area contributed by atoms with Gasteiger partial charge in [-0.3, -0.25) is 0 Å². The van der Waals surface area contributed by atoms with E-state index in [2.05, 4.69) is 0 Å². The Kier molecular flexibility index (Phi) is 5.15. The van der Waals surface area contributed by atoms with Crippen LogP contribution in [0.2, 0.25) is 0 Å². The van der Waals surface area contributed by atoms with Crippen molar-refractivity contribution >= 4 is 11.8 Å². The lowest BCUT2D eigenvalue weighted by molar-refractivity contribution is 0.575. The fraction of sp³-hybridized carbons (Fsp3) is 0.250. The van der Waals surface area contributed by atoms with E-state index in [1.54, 1.807) is 0 Å². The highest BCUT2D eigenvalue weighted by atomic mass is 32.2. The first-order valence-corrected chi connectivity index (χ1v) is 7.42. The predicted molar refractivity (Wildman–Crippen MR) is 79.7 cm³/mol. The second kappa shape index (κ2) is 6.86. The molecule has 4 heteroatoms. The largest absolute Gasteiger partial charge is 0.323 e. The number of rotatable bonds is 5. The summed E-state index contributed by atoms with van der Waals surface area (Å²) in [6.07, 6.45) is 0.774. The molecule has 0 aliphatic rings. The number of nitrogens with two attached hydrogens (primary N) is 1. The van der Waals surface area contributed by atoms with Crippen LogP contribution in [-0.2, 0) is 0 Å². The zero-order valence-electron chi connectivity index (χ0n) is 11.2. The average Bonchev–Trinajstić information content (AvgIpc) is 2.48. The third-order valence-electron chi connectivity index (χ3n) is 3.16. The van der Waals surface area contributed by atoms with Crippen molar-refractivity contribution in [2.24, 2.45) is 5.73 Å². The molecule has 0 bridgehead atoms. The molecule has 0 saturated carbocycles. The number of thioether (sulfide) groups is 1. The van der Waals surface area contributed by atoms with Crippen LogP contribution in [0.15, 0.2) is 53.4 Å². The SMILES string of the molecule is CCC(Sc1cc(F)ccc1F)C(N)c1ccccc1. The van der Waals surface area contributed by atoms with E-state index >= 15 is 0 Å². The lowest BCUT2D eigenvalue weighted by Gasteiger charge is -2.22. The Morgan fingerprint density at radius 3 is 2.45 bits per heavy atom. The lowest BCUT2D eigenvalue weighted by Crippen LogP contribution is -2.23. The Morgan fingerprint density at radius 2 is 1.80 bits per heavy atom. The van der Waals surface area contributed by atoms with Gasteiger partial charge in [-0.15, -0.1) is 11.8 Å². The molecule has 0 fully saturated rings. The van der Waals surface area contributed by atoms with Crippen LogP contribution >= 0.6 is 11.8 Å². The molecule has 20 heavy (non-hydrogen) atoms. The molecule has 106 valence electrons. The minimum atomic E-state index is -0.433. The Bertz CT molecular complexity index is 560. The summed E-state index contributed by atoms with van der Waals surface area (Å²) in [7, 11) is 0. The van der Waals surface area contributed by atoms with Crippen molar-refractivity contribution in [2.75, 3.05) is 0 Å². The first kappa shape index (κ1) is 15.0. The molecule has 2 aromatic carbocycles. The summed E-state index contributed by atoms with van der Waals surface area (Å²) in [5, 5.41) is -0.00583. The van der Waals surface area contributed by atoms with Gasteiger partial charge >= 0.3 is 0 Å². The fourth-order valence-corrected chi connectivity index (χ4v) is 3.19. The van der Waals surface area contributed by atoms with Gasteiger partial charge < -0.3 is 5.73 Å². The molecule has 2 N–H and O–H groups in total. The Labute approximate surface area is 122 Å². The molecule has 2 aromatic rings. The van der Waals surface area contributed by atoms with Gasteiger partial charge in [0.2, 0.25) is 0 Å². The molecular weight excluding hydrogens is 276 g/mol. The van der Waals surface area contributed by atoms with Gasteiger partial charge in [0, 0.05) is 16.2 Å². The van der Waals surface area contributed by atoms with Gasteiger partial charge in [-0.05, 0) is 30.2 Å². The van der Waals surface area contributed by atoms with Crippen LogP contribution in [0, 0.1) is 11.6 Å². The maximum atomic E-state index is 13.7. The van der Waals surface area contributed by atoms with E-state index in [1.807, 2.05) is 37.3 Å². The van der Waals surface area contributed by atoms with Crippen LogP contribution in [0.3, 0.4) is 0 Å². The molecular formula is C16H17F2NS. The summed E-state index contributed by atoms with van der Waals surface area (Å²) in [5.41, 5.74) is 7.25. The van der Waals surface area contributed by atoms with Gasteiger partial charge in [0.05, 0.1) is 0 Å². The Balaban J connectivity index is 2.18. The van der Waals surface area contributed by atoms with Crippen molar-refractivity contribution in [1.29, 1.82) is 0 Å². The minimum Gasteiger partial charge on any atom is -0.323 e. The summed E-state index contributed by atoms with van der Waals surface area (Å²) in [6, 6.07) is 13.0. The average molecular weight is 293 g/mol. The van der Waals surface area contributed by atoms with Crippen LogP contribution in [-0.4, -0.2) is 5.25 Å². The zero-order valence-corrected chi connectivity index (χ0v) is 12.0. The maximum absolute atomic E-state index is 13.7. The van der Waals surface area contributed by atoms with Crippen molar-refractivity contribution < 1.29 is 8.78 Å². The standard InChI is InChI=1S/C16H17F2NS/c1-2-14(16(19)11-6-4-3-5-7-11)20-15-10-12(17)8-9-13(15)18/h3-10,14,16H,2,19H2,1H3. The van der Waals surface area contributed by atoms with E-state index in [9.17, 15) is 8.78 Å². The summed E-state index contributed by atoms with van der Waals surface area (Å²) >= 11 is 1.29. The van der Waals surface area contributed by atoms with Gasteiger partial charge in [-0.2, -0.15) is 0 Å². The van der Waals surface area contributed by atoms with E-state index in [-0.39, 0.29) is 11.3 Å². The van der Waals surface area contributed by atoms with Gasteiger partial charge in [0.25, 0.3) is 0 Å². The summed E-state index contributed by atoms with van der Waals surface area (Å²) < 4.78 is 26.9. The van der Waals surface area contributed by atoms with Crippen LogP contribution < -0.4 is 5.73 Å². The Hall–Kier alpha value is -1.39. The predicted octanol–water partition coefficient (Wildman–Crippen LogP) is 4.54. The number of hydrogen-bond acceptors (Lipinski definition) is 2. The molecule has 0 heterocycles. The molecule has 0 spiro atoms. The highest BCUT2D eigenvalue weighted by Gasteiger charge is 2.20.